The summed E-state index contributed by atoms with van der Waals surface area (Å²) >= 11 is 0. The molecule has 0 saturated heterocycles. The molecule has 0 amide bonds. The Balaban J connectivity index is 2.26. The average Bonchev–Trinajstić information content (AvgIpc) is 2.93. The SMILES string of the molecule is CCCCCCCCn1c(NCCC)nc2c1c(=O)[nH]c(=O)n2C. The molecule has 134 valence electrons. The lowest BCUT2D eigenvalue weighted by Gasteiger charge is -2.09. The van der Waals surface area contributed by atoms with Crippen molar-refractivity contribution in [2.24, 2.45) is 7.05 Å². The highest BCUT2D eigenvalue weighted by Crippen LogP contribution is 2.17. The topological polar surface area (TPSA) is 84.7 Å². The van der Waals surface area contributed by atoms with E-state index in [4.69, 9.17) is 0 Å². The molecule has 2 aromatic rings. The van der Waals surface area contributed by atoms with Crippen molar-refractivity contribution < 1.29 is 0 Å². The Labute approximate surface area is 142 Å². The zero-order chi connectivity index (χ0) is 17.5. The maximum Gasteiger partial charge on any atom is 0.329 e. The molecule has 0 aliphatic rings. The maximum atomic E-state index is 12.3. The number of nitrogens with one attached hydrogen (secondary N) is 2. The lowest BCUT2D eigenvalue weighted by atomic mass is 10.1. The predicted molar refractivity (Wildman–Crippen MR) is 97.8 cm³/mol. The van der Waals surface area contributed by atoms with E-state index in [-0.39, 0.29) is 5.56 Å². The standard InChI is InChI=1S/C17H29N5O2/c1-4-6-7-8-9-10-12-22-13-14(19-16(22)18-11-5-2)21(3)17(24)20-15(13)23/h4-12H2,1-3H3,(H,18,19)(H,20,23,24). The minimum absolute atomic E-state index is 0.365. The van der Waals surface area contributed by atoms with E-state index in [1.54, 1.807) is 7.05 Å². The first-order valence-electron chi connectivity index (χ1n) is 9.03. The number of anilines is 1. The molecule has 0 atom stereocenters. The van der Waals surface area contributed by atoms with Gasteiger partial charge in [-0.15, -0.1) is 0 Å². The summed E-state index contributed by atoms with van der Waals surface area (Å²) in [5.41, 5.74) is 0.118. The van der Waals surface area contributed by atoms with Crippen LogP contribution in [0.15, 0.2) is 9.59 Å². The molecule has 0 unspecified atom stereocenters. The third-order valence-electron chi connectivity index (χ3n) is 4.28. The Morgan fingerprint density at radius 2 is 1.75 bits per heavy atom. The van der Waals surface area contributed by atoms with Crippen molar-refractivity contribution >= 4 is 17.1 Å². The maximum absolute atomic E-state index is 12.3. The molecule has 0 aliphatic carbocycles. The largest absolute Gasteiger partial charge is 0.356 e. The summed E-state index contributed by atoms with van der Waals surface area (Å²) in [6.45, 7) is 5.80. The van der Waals surface area contributed by atoms with Crippen LogP contribution in [0.3, 0.4) is 0 Å². The van der Waals surface area contributed by atoms with Crippen molar-refractivity contribution in [2.75, 3.05) is 11.9 Å². The molecule has 0 spiro atoms. The zero-order valence-corrected chi connectivity index (χ0v) is 15.0. The summed E-state index contributed by atoms with van der Waals surface area (Å²) in [4.78, 5) is 30.9. The summed E-state index contributed by atoms with van der Waals surface area (Å²) in [6.07, 6.45) is 8.09. The highest BCUT2D eigenvalue weighted by atomic mass is 16.2. The number of aryl methyl sites for hydroxylation is 2. The second-order valence-electron chi connectivity index (χ2n) is 6.27. The molecule has 2 rings (SSSR count). The molecular weight excluding hydrogens is 306 g/mol. The smallest absolute Gasteiger partial charge is 0.329 e. The lowest BCUT2D eigenvalue weighted by Crippen LogP contribution is -2.29. The van der Waals surface area contributed by atoms with E-state index in [1.807, 2.05) is 4.57 Å². The van der Waals surface area contributed by atoms with Gasteiger partial charge < -0.3 is 9.88 Å². The average molecular weight is 335 g/mol. The molecule has 0 aromatic carbocycles. The van der Waals surface area contributed by atoms with Gasteiger partial charge in [-0.2, -0.15) is 4.98 Å². The fourth-order valence-electron chi connectivity index (χ4n) is 2.87. The summed E-state index contributed by atoms with van der Waals surface area (Å²) in [6, 6.07) is 0. The molecule has 7 heteroatoms. The second-order valence-corrected chi connectivity index (χ2v) is 6.27. The Bertz CT molecular complexity index is 772. The number of nitrogens with zero attached hydrogens (tertiary/aromatic N) is 3. The number of rotatable bonds is 10. The number of fused-ring (bicyclic) bond motifs is 1. The minimum Gasteiger partial charge on any atom is -0.356 e. The second kappa shape index (κ2) is 8.70. The number of imidazole rings is 1. The van der Waals surface area contributed by atoms with Gasteiger partial charge >= 0.3 is 5.69 Å². The molecule has 0 fully saturated rings. The van der Waals surface area contributed by atoms with E-state index in [0.717, 1.165) is 32.4 Å². The first-order valence-corrected chi connectivity index (χ1v) is 9.03. The van der Waals surface area contributed by atoms with Crippen molar-refractivity contribution in [3.8, 4) is 0 Å². The first kappa shape index (κ1) is 18.3. The zero-order valence-electron chi connectivity index (χ0n) is 15.0. The lowest BCUT2D eigenvalue weighted by molar-refractivity contribution is 0.565. The van der Waals surface area contributed by atoms with Crippen molar-refractivity contribution in [3.63, 3.8) is 0 Å². The van der Waals surface area contributed by atoms with Crippen LogP contribution in [-0.2, 0) is 13.6 Å². The molecule has 2 heterocycles. The molecule has 0 saturated carbocycles. The van der Waals surface area contributed by atoms with Crippen LogP contribution in [0.5, 0.6) is 0 Å². The van der Waals surface area contributed by atoms with E-state index in [0.29, 0.717) is 17.1 Å². The van der Waals surface area contributed by atoms with Crippen LogP contribution in [0.25, 0.3) is 11.2 Å². The first-order chi connectivity index (χ1) is 11.6. The van der Waals surface area contributed by atoms with Gasteiger partial charge in [-0.05, 0) is 12.8 Å². The molecule has 0 radical (unpaired) electrons. The van der Waals surface area contributed by atoms with E-state index in [2.05, 4.69) is 29.1 Å². The summed E-state index contributed by atoms with van der Waals surface area (Å²) in [5.74, 6) is 0.673. The van der Waals surface area contributed by atoms with Gasteiger partial charge in [0.15, 0.2) is 11.2 Å². The quantitative estimate of drug-likeness (QED) is 0.654. The van der Waals surface area contributed by atoms with Crippen LogP contribution in [0.2, 0.25) is 0 Å². The highest BCUT2D eigenvalue weighted by molar-refractivity contribution is 5.74. The summed E-state index contributed by atoms with van der Waals surface area (Å²) in [5, 5.41) is 3.27. The highest BCUT2D eigenvalue weighted by Gasteiger charge is 2.16. The van der Waals surface area contributed by atoms with Gasteiger partial charge in [0.2, 0.25) is 5.95 Å². The fraction of sp³-hybridized carbons (Fsp3) is 0.706. The van der Waals surface area contributed by atoms with E-state index in [1.165, 1.54) is 30.3 Å². The Morgan fingerprint density at radius 3 is 2.46 bits per heavy atom. The van der Waals surface area contributed by atoms with Gasteiger partial charge in [0.05, 0.1) is 0 Å². The summed E-state index contributed by atoms with van der Waals surface area (Å²) < 4.78 is 3.31. The number of aromatic amines is 1. The van der Waals surface area contributed by atoms with Crippen molar-refractivity contribution in [1.29, 1.82) is 0 Å². The van der Waals surface area contributed by atoms with Crippen LogP contribution in [-0.4, -0.2) is 25.6 Å². The number of H-pyrrole nitrogens is 1. The van der Waals surface area contributed by atoms with Gasteiger partial charge in [-0.3, -0.25) is 14.3 Å². The van der Waals surface area contributed by atoms with Crippen LogP contribution in [0.1, 0.15) is 58.8 Å². The monoisotopic (exact) mass is 335 g/mol. The molecule has 0 bridgehead atoms. The predicted octanol–water partition coefficient (Wildman–Crippen LogP) is 2.61. The normalized spacial score (nSPS) is 11.3. The van der Waals surface area contributed by atoms with Gasteiger partial charge in [0, 0.05) is 20.1 Å². The Hall–Kier alpha value is -2.05. The Kier molecular flexibility index (Phi) is 6.63. The van der Waals surface area contributed by atoms with E-state index >= 15 is 0 Å². The van der Waals surface area contributed by atoms with Crippen molar-refractivity contribution in [2.45, 2.75) is 65.3 Å². The molecule has 2 N–H and O–H groups in total. The molecule has 2 aromatic heterocycles. The Morgan fingerprint density at radius 1 is 1.04 bits per heavy atom. The molecule has 0 aliphatic heterocycles. The van der Waals surface area contributed by atoms with Gasteiger partial charge in [0.1, 0.15) is 0 Å². The van der Waals surface area contributed by atoms with Crippen molar-refractivity contribution in [1.82, 2.24) is 19.1 Å². The van der Waals surface area contributed by atoms with Gasteiger partial charge in [-0.25, -0.2) is 4.79 Å². The summed E-state index contributed by atoms with van der Waals surface area (Å²) in [7, 11) is 1.63. The van der Waals surface area contributed by atoms with Crippen LogP contribution in [0, 0.1) is 0 Å². The van der Waals surface area contributed by atoms with E-state index in [9.17, 15) is 9.59 Å². The van der Waals surface area contributed by atoms with Gasteiger partial charge in [0.25, 0.3) is 5.56 Å². The number of aromatic nitrogens is 4. The molecule has 7 nitrogen and oxygen atoms in total. The van der Waals surface area contributed by atoms with Gasteiger partial charge in [-0.1, -0.05) is 46.0 Å². The van der Waals surface area contributed by atoms with Crippen LogP contribution >= 0.6 is 0 Å². The molecule has 24 heavy (non-hydrogen) atoms. The number of hydrogen-bond donors (Lipinski definition) is 2. The molecular formula is C17H29N5O2. The van der Waals surface area contributed by atoms with Crippen LogP contribution < -0.4 is 16.6 Å². The van der Waals surface area contributed by atoms with Crippen LogP contribution in [0.4, 0.5) is 5.95 Å². The fourth-order valence-corrected chi connectivity index (χ4v) is 2.87. The minimum atomic E-state index is -0.432. The van der Waals surface area contributed by atoms with Crippen molar-refractivity contribution in [3.05, 3.63) is 20.8 Å². The van der Waals surface area contributed by atoms with E-state index < -0.39 is 5.69 Å². The number of unbranched alkanes of at least 4 members (excludes halogenated alkanes) is 5. The number of hydrogen-bond acceptors (Lipinski definition) is 4. The third kappa shape index (κ3) is 4.07. The third-order valence-corrected chi connectivity index (χ3v) is 4.28.